The standard InChI is InChI=1S/C8H7N3.H2/c1-2-4-8(5-3-1)11-7-6-9-10-11;/h1-7H;1H/i;1+1. The molecule has 0 N–H and O–H groups in total. The molecule has 2 aromatic rings. The zero-order valence-electron chi connectivity index (χ0n) is 5.88. The summed E-state index contributed by atoms with van der Waals surface area (Å²) < 4.78 is 1.72. The molecule has 0 saturated carbocycles. The lowest BCUT2D eigenvalue weighted by Crippen LogP contribution is -1.93. The van der Waals surface area contributed by atoms with E-state index in [9.17, 15) is 0 Å². The molecule has 0 aliphatic rings. The van der Waals surface area contributed by atoms with Crippen LogP contribution >= 0.6 is 0 Å². The molecule has 0 fully saturated rings. The molecular formula is C8H9N3. The van der Waals surface area contributed by atoms with Crippen molar-refractivity contribution in [1.82, 2.24) is 15.0 Å². The minimum Gasteiger partial charge on any atom is -0.221 e. The predicted molar refractivity (Wildman–Crippen MR) is 43.5 cm³/mol. The highest BCUT2D eigenvalue weighted by molar-refractivity contribution is 5.29. The van der Waals surface area contributed by atoms with E-state index in [4.69, 9.17) is 0 Å². The van der Waals surface area contributed by atoms with Crippen LogP contribution in [0.4, 0.5) is 0 Å². The fourth-order valence-corrected chi connectivity index (χ4v) is 0.927. The Balaban J connectivity index is 0.000000720. The molecule has 0 amide bonds. The van der Waals surface area contributed by atoms with Gasteiger partial charge in [-0.05, 0) is 12.1 Å². The second kappa shape index (κ2) is 2.54. The van der Waals surface area contributed by atoms with Crippen molar-refractivity contribution in [3.63, 3.8) is 0 Å². The highest BCUT2D eigenvalue weighted by Crippen LogP contribution is 2.02. The van der Waals surface area contributed by atoms with Gasteiger partial charge in [0.25, 0.3) is 0 Å². The van der Waals surface area contributed by atoms with Crippen LogP contribution in [-0.2, 0) is 0 Å². The lowest BCUT2D eigenvalue weighted by Gasteiger charge is -1.96. The van der Waals surface area contributed by atoms with Crippen LogP contribution in [0.3, 0.4) is 0 Å². The minimum absolute atomic E-state index is 0. The molecule has 11 heavy (non-hydrogen) atoms. The predicted octanol–water partition coefficient (Wildman–Crippen LogP) is 1.51. The normalized spacial score (nSPS) is 9.82. The van der Waals surface area contributed by atoms with Crippen LogP contribution in [0.5, 0.6) is 0 Å². The third-order valence-corrected chi connectivity index (χ3v) is 1.44. The molecule has 0 saturated heterocycles. The number of nitrogens with zero attached hydrogens (tertiary/aromatic N) is 3. The summed E-state index contributed by atoms with van der Waals surface area (Å²) >= 11 is 0. The summed E-state index contributed by atoms with van der Waals surface area (Å²) in [5, 5.41) is 7.56. The van der Waals surface area contributed by atoms with Crippen LogP contribution in [0.2, 0.25) is 0 Å². The van der Waals surface area contributed by atoms with Gasteiger partial charge < -0.3 is 0 Å². The van der Waals surface area contributed by atoms with Crippen molar-refractivity contribution < 1.29 is 1.43 Å². The SMILES string of the molecule is [2HH].c1ccc(-n2ccnn2)cc1. The van der Waals surface area contributed by atoms with E-state index in [1.165, 1.54) is 0 Å². The molecule has 2 rings (SSSR count). The smallest absolute Gasteiger partial charge is 0.0697 e. The Hall–Kier alpha value is -1.64. The Bertz CT molecular complexity index is 317. The molecule has 0 atom stereocenters. The molecule has 0 aliphatic carbocycles. The average Bonchev–Trinajstić information content (AvgIpc) is 2.58. The summed E-state index contributed by atoms with van der Waals surface area (Å²) in [4.78, 5) is 0. The first-order valence-electron chi connectivity index (χ1n) is 3.38. The van der Waals surface area contributed by atoms with Crippen molar-refractivity contribution in [2.75, 3.05) is 0 Å². The van der Waals surface area contributed by atoms with Crippen LogP contribution in [0, 0.1) is 0 Å². The van der Waals surface area contributed by atoms with E-state index in [1.807, 2.05) is 36.5 Å². The van der Waals surface area contributed by atoms with E-state index < -0.39 is 0 Å². The van der Waals surface area contributed by atoms with Gasteiger partial charge in [0.05, 0.1) is 18.1 Å². The topological polar surface area (TPSA) is 30.7 Å². The van der Waals surface area contributed by atoms with Crippen LogP contribution in [-0.4, -0.2) is 15.0 Å². The van der Waals surface area contributed by atoms with Gasteiger partial charge in [-0.2, -0.15) is 0 Å². The number of rotatable bonds is 1. The molecule has 0 aliphatic heterocycles. The fourth-order valence-electron chi connectivity index (χ4n) is 0.927. The maximum Gasteiger partial charge on any atom is 0.0697 e. The number of benzene rings is 1. The van der Waals surface area contributed by atoms with Gasteiger partial charge in [-0.3, -0.25) is 0 Å². The maximum absolute atomic E-state index is 3.85. The Labute approximate surface area is 65.8 Å². The number of aromatic nitrogens is 3. The summed E-state index contributed by atoms with van der Waals surface area (Å²) in [5.74, 6) is 0. The first-order chi connectivity index (χ1) is 5.47. The summed E-state index contributed by atoms with van der Waals surface area (Å²) in [6.07, 6.45) is 3.47. The van der Waals surface area contributed by atoms with Gasteiger partial charge >= 0.3 is 0 Å². The van der Waals surface area contributed by atoms with Crippen molar-refractivity contribution in [3.8, 4) is 5.69 Å². The summed E-state index contributed by atoms with van der Waals surface area (Å²) in [5.41, 5.74) is 1.03. The Morgan fingerprint density at radius 3 is 2.64 bits per heavy atom. The Kier molecular flexibility index (Phi) is 1.41. The molecule has 1 aromatic carbocycles. The van der Waals surface area contributed by atoms with Crippen LogP contribution < -0.4 is 0 Å². The zero-order valence-corrected chi connectivity index (χ0v) is 5.88. The van der Waals surface area contributed by atoms with Gasteiger partial charge in [-0.25, -0.2) is 4.68 Å². The average molecular weight is 148 g/mol. The Morgan fingerprint density at radius 1 is 1.18 bits per heavy atom. The fraction of sp³-hybridized carbons (Fsp3) is 0. The molecule has 0 spiro atoms. The molecule has 56 valence electrons. The van der Waals surface area contributed by atoms with Crippen molar-refractivity contribution in [2.45, 2.75) is 0 Å². The van der Waals surface area contributed by atoms with Crippen molar-refractivity contribution >= 4 is 0 Å². The third kappa shape index (κ3) is 1.12. The van der Waals surface area contributed by atoms with E-state index >= 15 is 0 Å². The Morgan fingerprint density at radius 2 is 2.00 bits per heavy atom. The van der Waals surface area contributed by atoms with Crippen LogP contribution in [0.15, 0.2) is 42.7 Å². The second-order valence-electron chi connectivity index (χ2n) is 2.18. The summed E-state index contributed by atoms with van der Waals surface area (Å²) in [6, 6.07) is 9.87. The van der Waals surface area contributed by atoms with Gasteiger partial charge in [-0.1, -0.05) is 23.4 Å². The second-order valence-corrected chi connectivity index (χ2v) is 2.18. The zero-order chi connectivity index (χ0) is 7.52. The molecule has 1 aromatic heterocycles. The quantitative estimate of drug-likeness (QED) is 0.613. The van der Waals surface area contributed by atoms with Crippen LogP contribution in [0.25, 0.3) is 5.69 Å². The van der Waals surface area contributed by atoms with Gasteiger partial charge in [0.1, 0.15) is 0 Å². The van der Waals surface area contributed by atoms with Gasteiger partial charge in [-0.15, -0.1) is 5.10 Å². The lowest BCUT2D eigenvalue weighted by molar-refractivity contribution is 0.803. The van der Waals surface area contributed by atoms with Crippen molar-refractivity contribution in [2.24, 2.45) is 0 Å². The largest absolute Gasteiger partial charge is 0.221 e. The molecular weight excluding hydrogens is 138 g/mol. The highest BCUT2D eigenvalue weighted by Gasteiger charge is 1.91. The molecule has 3 nitrogen and oxygen atoms in total. The highest BCUT2D eigenvalue weighted by atomic mass is 15.4. The molecule has 0 radical (unpaired) electrons. The number of hydrogen-bond donors (Lipinski definition) is 0. The van der Waals surface area contributed by atoms with Crippen molar-refractivity contribution in [1.29, 1.82) is 0 Å². The summed E-state index contributed by atoms with van der Waals surface area (Å²) in [7, 11) is 0. The third-order valence-electron chi connectivity index (χ3n) is 1.44. The van der Waals surface area contributed by atoms with Gasteiger partial charge in [0.15, 0.2) is 0 Å². The van der Waals surface area contributed by atoms with E-state index in [0.29, 0.717) is 0 Å². The van der Waals surface area contributed by atoms with E-state index in [0.717, 1.165) is 5.69 Å². The first kappa shape index (κ1) is 6.09. The van der Waals surface area contributed by atoms with E-state index in [-0.39, 0.29) is 1.43 Å². The summed E-state index contributed by atoms with van der Waals surface area (Å²) in [6.45, 7) is 0. The molecule has 0 bridgehead atoms. The molecule has 0 unspecified atom stereocenters. The lowest BCUT2D eigenvalue weighted by atomic mass is 10.3. The molecule has 1 heterocycles. The number of para-hydroxylation sites is 1. The molecule has 3 heteroatoms. The maximum atomic E-state index is 3.85. The van der Waals surface area contributed by atoms with Gasteiger partial charge in [0, 0.05) is 1.43 Å². The minimum atomic E-state index is 0. The van der Waals surface area contributed by atoms with E-state index in [2.05, 4.69) is 10.3 Å². The van der Waals surface area contributed by atoms with Crippen molar-refractivity contribution in [3.05, 3.63) is 42.7 Å². The van der Waals surface area contributed by atoms with Gasteiger partial charge in [0.2, 0.25) is 0 Å². The van der Waals surface area contributed by atoms with Crippen LogP contribution in [0.1, 0.15) is 1.43 Å². The first-order valence-corrected chi connectivity index (χ1v) is 3.38. The monoisotopic (exact) mass is 148 g/mol. The van der Waals surface area contributed by atoms with E-state index in [1.54, 1.807) is 10.9 Å². The number of hydrogen-bond acceptors (Lipinski definition) is 2.